The molecule has 3 heterocycles. The van der Waals surface area contributed by atoms with Gasteiger partial charge in [-0.05, 0) is 56.2 Å². The van der Waals surface area contributed by atoms with Crippen molar-refractivity contribution in [2.24, 2.45) is 0 Å². The second kappa shape index (κ2) is 10.4. The highest BCUT2D eigenvalue weighted by molar-refractivity contribution is 5.94. The lowest BCUT2D eigenvalue weighted by Crippen LogP contribution is -2.35. The zero-order valence-corrected chi connectivity index (χ0v) is 19.8. The molecule has 0 aliphatic carbocycles. The van der Waals surface area contributed by atoms with Gasteiger partial charge in [-0.1, -0.05) is 18.2 Å². The first-order valence-corrected chi connectivity index (χ1v) is 11.8. The Hall–Kier alpha value is -4.55. The molecule has 1 saturated heterocycles. The number of nitrogens with one attached hydrogen (secondary N) is 3. The van der Waals surface area contributed by atoms with Crippen LogP contribution >= 0.6 is 0 Å². The number of nitriles is 1. The van der Waals surface area contributed by atoms with E-state index in [0.717, 1.165) is 36.4 Å². The lowest BCUT2D eigenvalue weighted by molar-refractivity contribution is 0.112. The number of benzene rings is 2. The van der Waals surface area contributed by atoms with Crippen molar-refractivity contribution in [1.82, 2.24) is 14.9 Å². The van der Waals surface area contributed by atoms with Crippen molar-refractivity contribution >= 4 is 28.6 Å². The molecular weight excluding hydrogens is 456 g/mol. The number of aryl methyl sites for hydroxylation is 1. The van der Waals surface area contributed by atoms with Crippen LogP contribution in [0.25, 0.3) is 5.52 Å². The summed E-state index contributed by atoms with van der Waals surface area (Å²) in [5, 5.41) is 23.2. The van der Waals surface area contributed by atoms with Gasteiger partial charge in [-0.25, -0.2) is 9.31 Å². The number of amides is 2. The Balaban J connectivity index is 1.35. The molecule has 3 N–H and O–H groups in total. The summed E-state index contributed by atoms with van der Waals surface area (Å²) in [5.41, 5.74) is 3.88. The predicted molar refractivity (Wildman–Crippen MR) is 137 cm³/mol. The number of carbonyl (C=O) groups excluding carboxylic acids is 1. The maximum absolute atomic E-state index is 12.5. The molecule has 1 atom stereocenters. The van der Waals surface area contributed by atoms with E-state index in [1.807, 2.05) is 61.5 Å². The minimum atomic E-state index is -0.312. The summed E-state index contributed by atoms with van der Waals surface area (Å²) in [4.78, 5) is 12.5. The van der Waals surface area contributed by atoms with E-state index in [2.05, 4.69) is 27.1 Å². The van der Waals surface area contributed by atoms with Crippen LogP contribution in [0.5, 0.6) is 11.5 Å². The van der Waals surface area contributed by atoms with E-state index in [1.54, 1.807) is 10.7 Å². The molecule has 2 aromatic carbocycles. The van der Waals surface area contributed by atoms with Crippen LogP contribution in [0.15, 0.2) is 67.0 Å². The van der Waals surface area contributed by atoms with Crippen LogP contribution in [0.4, 0.5) is 21.9 Å². The van der Waals surface area contributed by atoms with E-state index in [1.165, 1.54) is 6.20 Å². The first kappa shape index (κ1) is 23.2. The number of carbonyl (C=O) groups is 1. The predicted octanol–water partition coefficient (Wildman–Crippen LogP) is 5.35. The van der Waals surface area contributed by atoms with Gasteiger partial charge >= 0.3 is 6.03 Å². The third kappa shape index (κ3) is 5.09. The number of urea groups is 1. The highest BCUT2D eigenvalue weighted by Gasteiger charge is 2.19. The third-order valence-corrected chi connectivity index (χ3v) is 6.04. The number of para-hydroxylation sites is 1. The smallest absolute Gasteiger partial charge is 0.319 e. The molecule has 0 bridgehead atoms. The fraction of sp³-hybridized carbons (Fsp3) is 0.222. The molecular formula is C27H26N6O3. The van der Waals surface area contributed by atoms with Gasteiger partial charge in [-0.2, -0.15) is 10.4 Å². The normalized spacial score (nSPS) is 14.8. The number of anilines is 3. The van der Waals surface area contributed by atoms with Crippen molar-refractivity contribution in [3.8, 4) is 17.6 Å². The van der Waals surface area contributed by atoms with Gasteiger partial charge in [-0.15, -0.1) is 0 Å². The van der Waals surface area contributed by atoms with Crippen LogP contribution in [0.1, 0.15) is 24.0 Å². The summed E-state index contributed by atoms with van der Waals surface area (Å²) in [6.45, 7) is 3.09. The second-order valence-electron chi connectivity index (χ2n) is 8.54. The van der Waals surface area contributed by atoms with E-state index in [9.17, 15) is 10.1 Å². The number of ether oxygens (including phenoxy) is 2. The number of rotatable bonds is 7. The molecule has 2 aromatic heterocycles. The molecule has 0 unspecified atom stereocenters. The fourth-order valence-corrected chi connectivity index (χ4v) is 4.18. The van der Waals surface area contributed by atoms with Crippen LogP contribution in [-0.2, 0) is 4.74 Å². The summed E-state index contributed by atoms with van der Waals surface area (Å²) in [6, 6.07) is 18.9. The fourth-order valence-electron chi connectivity index (χ4n) is 4.18. The van der Waals surface area contributed by atoms with Gasteiger partial charge in [0.1, 0.15) is 17.6 Å². The van der Waals surface area contributed by atoms with Crippen LogP contribution in [0, 0.1) is 18.3 Å². The Morgan fingerprint density at radius 2 is 1.97 bits per heavy atom. The lowest BCUT2D eigenvalue weighted by atomic mass is 10.1. The molecule has 1 fully saturated rings. The zero-order valence-electron chi connectivity index (χ0n) is 19.8. The Kier molecular flexibility index (Phi) is 6.69. The van der Waals surface area contributed by atoms with E-state index in [0.29, 0.717) is 34.7 Å². The van der Waals surface area contributed by atoms with Crippen molar-refractivity contribution in [3.05, 3.63) is 78.1 Å². The minimum absolute atomic E-state index is 0.0603. The number of hydrogen-bond donors (Lipinski definition) is 3. The van der Waals surface area contributed by atoms with E-state index < -0.39 is 0 Å². The number of fused-ring (bicyclic) bond motifs is 1. The summed E-state index contributed by atoms with van der Waals surface area (Å²) < 4.78 is 13.1. The Bertz CT molecular complexity index is 1400. The van der Waals surface area contributed by atoms with Crippen molar-refractivity contribution in [2.75, 3.05) is 23.8 Å². The number of nitrogens with zero attached hydrogens (tertiary/aromatic N) is 3. The average Bonchev–Trinajstić information content (AvgIpc) is 3.53. The Morgan fingerprint density at radius 3 is 2.69 bits per heavy atom. The van der Waals surface area contributed by atoms with Gasteiger partial charge in [0.05, 0.1) is 41.0 Å². The van der Waals surface area contributed by atoms with Gasteiger partial charge in [0.25, 0.3) is 0 Å². The number of hydrogen-bond acceptors (Lipinski definition) is 6. The topological polar surface area (TPSA) is 113 Å². The molecule has 0 spiro atoms. The van der Waals surface area contributed by atoms with Crippen LogP contribution in [-0.4, -0.2) is 34.9 Å². The van der Waals surface area contributed by atoms with Gasteiger partial charge in [0.2, 0.25) is 0 Å². The molecule has 9 heteroatoms. The maximum atomic E-state index is 12.5. The lowest BCUT2D eigenvalue weighted by Gasteiger charge is -2.12. The first-order chi connectivity index (χ1) is 17.6. The zero-order chi connectivity index (χ0) is 24.9. The summed E-state index contributed by atoms with van der Waals surface area (Å²) >= 11 is 0. The molecule has 2 amide bonds. The quantitative estimate of drug-likeness (QED) is 0.327. The van der Waals surface area contributed by atoms with E-state index >= 15 is 0 Å². The highest BCUT2D eigenvalue weighted by atomic mass is 16.5. The third-order valence-electron chi connectivity index (χ3n) is 6.04. The van der Waals surface area contributed by atoms with Crippen LogP contribution in [0.2, 0.25) is 0 Å². The molecule has 5 rings (SSSR count). The van der Waals surface area contributed by atoms with Gasteiger partial charge in [0.15, 0.2) is 0 Å². The van der Waals surface area contributed by atoms with Crippen LogP contribution < -0.4 is 20.7 Å². The van der Waals surface area contributed by atoms with Crippen molar-refractivity contribution in [1.29, 1.82) is 5.26 Å². The van der Waals surface area contributed by atoms with E-state index in [4.69, 9.17) is 9.47 Å². The molecule has 0 saturated carbocycles. The van der Waals surface area contributed by atoms with Crippen LogP contribution in [0.3, 0.4) is 0 Å². The SMILES string of the molecule is Cc1c(NC(=O)NC[C@H]2CCCO2)cn2ncc(C#N)c(Nc3ccc(Oc4ccccc4)cc3)c12. The van der Waals surface area contributed by atoms with Crippen molar-refractivity contribution in [3.63, 3.8) is 0 Å². The monoisotopic (exact) mass is 482 g/mol. The second-order valence-corrected chi connectivity index (χ2v) is 8.54. The highest BCUT2D eigenvalue weighted by Crippen LogP contribution is 2.33. The molecule has 1 aliphatic rings. The molecule has 0 radical (unpaired) electrons. The van der Waals surface area contributed by atoms with Crippen molar-refractivity contribution < 1.29 is 14.3 Å². The average molecular weight is 483 g/mol. The molecule has 1 aliphatic heterocycles. The molecule has 4 aromatic rings. The standard InChI is InChI=1S/C27H26N6O3/c1-18-24(32-27(34)29-16-23-8-5-13-35-23)17-33-26(18)25(19(14-28)15-30-33)31-20-9-11-22(12-10-20)36-21-6-3-2-4-7-21/h2-4,6-7,9-12,15,17,23,31H,5,8,13,16H2,1H3,(H2,29,32,34)/t23-/m1/s1. The van der Waals surface area contributed by atoms with Crippen molar-refractivity contribution in [2.45, 2.75) is 25.9 Å². The molecule has 36 heavy (non-hydrogen) atoms. The Labute approximate surface area is 208 Å². The largest absolute Gasteiger partial charge is 0.457 e. The summed E-state index contributed by atoms with van der Waals surface area (Å²) in [6.07, 6.45) is 5.27. The van der Waals surface area contributed by atoms with Gasteiger partial charge in [0, 0.05) is 24.4 Å². The summed E-state index contributed by atoms with van der Waals surface area (Å²) in [5.74, 6) is 1.45. The first-order valence-electron chi connectivity index (χ1n) is 11.8. The number of aromatic nitrogens is 2. The van der Waals surface area contributed by atoms with Gasteiger partial charge in [-0.3, -0.25) is 0 Å². The van der Waals surface area contributed by atoms with Gasteiger partial charge < -0.3 is 25.4 Å². The molecule has 9 nitrogen and oxygen atoms in total. The summed E-state index contributed by atoms with van der Waals surface area (Å²) in [7, 11) is 0. The minimum Gasteiger partial charge on any atom is -0.457 e. The molecule has 182 valence electrons. The maximum Gasteiger partial charge on any atom is 0.319 e. The Morgan fingerprint density at radius 1 is 1.19 bits per heavy atom. The van der Waals surface area contributed by atoms with E-state index in [-0.39, 0.29) is 12.1 Å².